The molecule has 0 aliphatic heterocycles. The molecule has 70 heavy (non-hydrogen) atoms. The Kier molecular flexibility index (Phi) is 9.23. The van der Waals surface area contributed by atoms with Gasteiger partial charge in [-0.15, -0.1) is 0 Å². The zero-order valence-corrected chi connectivity index (χ0v) is 39.3. The molecule has 0 radical (unpaired) electrons. The monoisotopic (exact) mass is 907 g/mol. The summed E-state index contributed by atoms with van der Waals surface area (Å²) in [6, 6.07) is 101. The minimum atomic E-state index is -2.69. The van der Waals surface area contributed by atoms with Crippen molar-refractivity contribution in [2.75, 3.05) is 0 Å². The first-order valence-electron chi connectivity index (χ1n) is 24.2. The lowest BCUT2D eigenvalue weighted by molar-refractivity contribution is 1.16. The van der Waals surface area contributed by atoms with E-state index in [1.165, 1.54) is 97.3 Å². The van der Waals surface area contributed by atoms with Gasteiger partial charge < -0.3 is 13.7 Å². The number of hydrogen-bond donors (Lipinski definition) is 0. The lowest BCUT2D eigenvalue weighted by atomic mass is 10.0. The Morgan fingerprint density at radius 3 is 1.30 bits per heavy atom. The van der Waals surface area contributed by atoms with E-state index < -0.39 is 8.07 Å². The van der Waals surface area contributed by atoms with Crippen LogP contribution in [-0.4, -0.2) is 21.8 Å². The maximum atomic E-state index is 2.50. The van der Waals surface area contributed by atoms with Crippen LogP contribution in [0.15, 0.2) is 273 Å². The number of para-hydroxylation sites is 3. The number of benzene rings is 11. The van der Waals surface area contributed by atoms with Gasteiger partial charge in [-0.25, -0.2) is 0 Å². The normalized spacial score (nSPS) is 12.0. The lowest BCUT2D eigenvalue weighted by Crippen LogP contribution is -2.74. The summed E-state index contributed by atoms with van der Waals surface area (Å²) >= 11 is 0. The molecular weight excluding hydrogens is 863 g/mol. The summed E-state index contributed by atoms with van der Waals surface area (Å²) in [6.07, 6.45) is 0. The molecule has 11 aromatic carbocycles. The van der Waals surface area contributed by atoms with Gasteiger partial charge in [0.05, 0.1) is 38.8 Å². The van der Waals surface area contributed by atoms with Crippen molar-refractivity contribution in [2.45, 2.75) is 0 Å². The molecule has 4 heteroatoms. The highest BCUT2D eigenvalue weighted by Crippen LogP contribution is 2.42. The Morgan fingerprint density at radius 2 is 0.671 bits per heavy atom. The predicted molar refractivity (Wildman–Crippen MR) is 299 cm³/mol. The predicted octanol–water partition coefficient (Wildman–Crippen LogP) is 14.0. The van der Waals surface area contributed by atoms with Crippen LogP contribution in [0.25, 0.3) is 93.6 Å². The number of rotatable bonds is 8. The van der Waals surface area contributed by atoms with Crippen LogP contribution >= 0.6 is 0 Å². The largest absolute Gasteiger partial charge is 0.309 e. The summed E-state index contributed by atoms with van der Waals surface area (Å²) in [4.78, 5) is 0. The van der Waals surface area contributed by atoms with Crippen LogP contribution in [0, 0.1) is 0 Å². The second-order valence-electron chi connectivity index (χ2n) is 18.4. The Hall–Kier alpha value is -8.96. The van der Waals surface area contributed by atoms with Gasteiger partial charge in [0.25, 0.3) is 0 Å². The van der Waals surface area contributed by atoms with E-state index in [1.54, 1.807) is 0 Å². The highest BCUT2D eigenvalue weighted by Gasteiger charge is 2.41. The van der Waals surface area contributed by atoms with Crippen LogP contribution in [0.5, 0.6) is 0 Å². The fraction of sp³-hybridized carbons (Fsp3) is 0. The first-order valence-corrected chi connectivity index (χ1v) is 26.2. The van der Waals surface area contributed by atoms with E-state index in [2.05, 4.69) is 287 Å². The highest BCUT2D eigenvalue weighted by atomic mass is 28.3. The first-order chi connectivity index (χ1) is 34.8. The van der Waals surface area contributed by atoms with Crippen molar-refractivity contribution in [2.24, 2.45) is 0 Å². The minimum absolute atomic E-state index is 1.14. The molecule has 3 heterocycles. The van der Waals surface area contributed by atoms with Gasteiger partial charge in [0.1, 0.15) is 0 Å². The van der Waals surface area contributed by atoms with E-state index in [4.69, 9.17) is 0 Å². The average molecular weight is 908 g/mol. The number of aromatic nitrogens is 3. The fourth-order valence-corrected chi connectivity index (χ4v) is 16.6. The van der Waals surface area contributed by atoms with Crippen LogP contribution in [-0.2, 0) is 0 Å². The molecule has 328 valence electrons. The van der Waals surface area contributed by atoms with Crippen molar-refractivity contribution in [1.29, 1.82) is 0 Å². The summed E-state index contributed by atoms with van der Waals surface area (Å²) in [6.45, 7) is 0. The van der Waals surface area contributed by atoms with Crippen molar-refractivity contribution in [1.82, 2.24) is 13.7 Å². The van der Waals surface area contributed by atoms with Crippen LogP contribution in [0.3, 0.4) is 0 Å². The smallest absolute Gasteiger partial charge is 0.179 e. The topological polar surface area (TPSA) is 14.8 Å². The molecule has 0 aliphatic rings. The van der Waals surface area contributed by atoms with Gasteiger partial charge in [0.15, 0.2) is 8.07 Å². The summed E-state index contributed by atoms with van der Waals surface area (Å²) in [5.41, 5.74) is 13.0. The van der Waals surface area contributed by atoms with E-state index in [1.807, 2.05) is 0 Å². The average Bonchev–Trinajstić information content (AvgIpc) is 4.08. The third-order valence-electron chi connectivity index (χ3n) is 14.8. The molecular formula is C66H45N3Si. The molecule has 0 aliphatic carbocycles. The third kappa shape index (κ3) is 6.00. The van der Waals surface area contributed by atoms with Gasteiger partial charge in [-0.3, -0.25) is 0 Å². The maximum Gasteiger partial charge on any atom is 0.179 e. The van der Waals surface area contributed by atoms with Crippen molar-refractivity contribution in [3.05, 3.63) is 273 Å². The number of nitrogens with zero attached hydrogens (tertiary/aromatic N) is 3. The highest BCUT2D eigenvalue weighted by molar-refractivity contribution is 7.19. The number of hydrogen-bond acceptors (Lipinski definition) is 0. The lowest BCUT2D eigenvalue weighted by Gasteiger charge is -2.34. The number of fused-ring (bicyclic) bond motifs is 9. The molecule has 14 aromatic rings. The van der Waals surface area contributed by atoms with Gasteiger partial charge in [-0.1, -0.05) is 206 Å². The van der Waals surface area contributed by atoms with Crippen LogP contribution in [0.2, 0.25) is 0 Å². The summed E-state index contributed by atoms with van der Waals surface area (Å²) in [7, 11) is -2.69. The Labute approximate surface area is 407 Å². The quantitative estimate of drug-likeness (QED) is 0.107. The van der Waals surface area contributed by atoms with Gasteiger partial charge >= 0.3 is 0 Å². The van der Waals surface area contributed by atoms with Crippen molar-refractivity contribution < 1.29 is 0 Å². The Balaban J connectivity index is 0.958. The van der Waals surface area contributed by atoms with Crippen LogP contribution in [0.4, 0.5) is 0 Å². The van der Waals surface area contributed by atoms with E-state index in [0.29, 0.717) is 0 Å². The van der Waals surface area contributed by atoms with E-state index >= 15 is 0 Å². The molecule has 3 nitrogen and oxygen atoms in total. The third-order valence-corrected chi connectivity index (χ3v) is 19.6. The first kappa shape index (κ1) is 40.1. The molecule has 0 saturated carbocycles. The minimum Gasteiger partial charge on any atom is -0.309 e. The molecule has 0 unspecified atom stereocenters. The maximum absolute atomic E-state index is 2.69. The second-order valence-corrected chi connectivity index (χ2v) is 22.2. The van der Waals surface area contributed by atoms with Crippen LogP contribution < -0.4 is 20.7 Å². The van der Waals surface area contributed by atoms with Crippen molar-refractivity contribution >= 4 is 94.2 Å². The van der Waals surface area contributed by atoms with Gasteiger partial charge in [-0.2, -0.15) is 0 Å². The molecule has 0 amide bonds. The SMILES string of the molecule is c1ccc(-c2ccc3c4ccccc4n(-c4ccc5c(c4)c4ccccc4n5-c4cccc5c4c4ccccc4n5-c4ccc([Si](c5ccccc5)(c5ccccc5)c5ccccc5)cc4)c3c2)cc1. The second kappa shape index (κ2) is 16.1. The van der Waals surface area contributed by atoms with E-state index in [-0.39, 0.29) is 0 Å². The van der Waals surface area contributed by atoms with E-state index in [9.17, 15) is 0 Å². The molecule has 0 N–H and O–H groups in total. The zero-order valence-electron chi connectivity index (χ0n) is 38.3. The molecule has 0 bridgehead atoms. The molecule has 0 fully saturated rings. The molecule has 3 aromatic heterocycles. The zero-order chi connectivity index (χ0) is 46.2. The van der Waals surface area contributed by atoms with E-state index in [0.717, 1.165) is 17.1 Å². The van der Waals surface area contributed by atoms with Crippen molar-refractivity contribution in [3.8, 4) is 28.2 Å². The Morgan fingerprint density at radius 1 is 0.229 bits per heavy atom. The standard InChI is InChI=1S/C66H45N3Si/c1-5-20-46(21-6-1)47-36-42-56-54-28-13-16-31-59(54)68(65(56)44-47)49-39-43-62-58(45-49)55-29-14-17-32-60(55)69(62)64-35-19-34-63-66(64)57-30-15-18-33-61(57)67(63)48-37-40-53(41-38-48)70(50-22-7-2-8-23-50,51-24-9-3-10-25-51)52-26-11-4-12-27-52/h1-45H. The summed E-state index contributed by atoms with van der Waals surface area (Å²) in [5, 5.41) is 12.9. The van der Waals surface area contributed by atoms with Crippen molar-refractivity contribution in [3.63, 3.8) is 0 Å². The fourth-order valence-electron chi connectivity index (χ4n) is 11.8. The van der Waals surface area contributed by atoms with Gasteiger partial charge in [0.2, 0.25) is 0 Å². The summed E-state index contributed by atoms with van der Waals surface area (Å²) in [5.74, 6) is 0. The van der Waals surface area contributed by atoms with Crippen LogP contribution in [0.1, 0.15) is 0 Å². The van der Waals surface area contributed by atoms with Gasteiger partial charge in [-0.05, 0) is 98.6 Å². The molecule has 0 atom stereocenters. The molecule has 0 saturated heterocycles. The summed E-state index contributed by atoms with van der Waals surface area (Å²) < 4.78 is 7.41. The molecule has 14 rings (SSSR count). The molecule has 0 spiro atoms. The van der Waals surface area contributed by atoms with Gasteiger partial charge in [0, 0.05) is 43.7 Å². The Bertz CT molecular complexity index is 4170.